The molecule has 0 saturated heterocycles. The maximum Gasteiger partial charge on any atom is 0.192 e. The molecule has 0 bridgehead atoms. The molecule has 136 valence electrons. The minimum Gasteiger partial charge on any atom is -0.333 e. The molecule has 2 aromatic rings. The number of para-hydroxylation sites is 1. The Balaban J connectivity index is 2.42. The second-order valence-electron chi connectivity index (χ2n) is 6.79. The van der Waals surface area contributed by atoms with Gasteiger partial charge in [-0.05, 0) is 64.4 Å². The van der Waals surface area contributed by atoms with Crippen LogP contribution in [0.4, 0.5) is 0 Å². The largest absolute Gasteiger partial charge is 0.333 e. The first-order chi connectivity index (χ1) is 12.5. The number of allylic oxidation sites excluding steroid dienone is 4. The van der Waals surface area contributed by atoms with E-state index in [1.54, 1.807) is 0 Å². The molecule has 0 saturated carbocycles. The van der Waals surface area contributed by atoms with Crippen molar-refractivity contribution in [1.29, 1.82) is 5.26 Å². The highest BCUT2D eigenvalue weighted by Gasteiger charge is 2.13. The lowest BCUT2D eigenvalue weighted by Crippen LogP contribution is -2.18. The van der Waals surface area contributed by atoms with Crippen LogP contribution in [0.1, 0.15) is 44.9 Å². The molecule has 4 heteroatoms. The number of nitrogens with zero attached hydrogens (tertiary/aromatic N) is 2. The number of pyridine rings is 1. The molecule has 0 unspecified atom stereocenters. The number of aromatic nitrogens is 1. The molecule has 0 radical (unpaired) electrons. The third-order valence-corrected chi connectivity index (χ3v) is 5.05. The molecular formula is C22H26N2OS. The lowest BCUT2D eigenvalue weighted by atomic mass is 10.0. The maximum atomic E-state index is 12.8. The quantitative estimate of drug-likeness (QED) is 0.465. The predicted molar refractivity (Wildman–Crippen MR) is 112 cm³/mol. The van der Waals surface area contributed by atoms with Gasteiger partial charge in [-0.1, -0.05) is 35.4 Å². The van der Waals surface area contributed by atoms with Gasteiger partial charge in [0.25, 0.3) is 0 Å². The molecule has 0 atom stereocenters. The van der Waals surface area contributed by atoms with E-state index in [1.807, 2.05) is 31.2 Å². The van der Waals surface area contributed by atoms with Crippen molar-refractivity contribution in [1.82, 2.24) is 4.57 Å². The summed E-state index contributed by atoms with van der Waals surface area (Å²) in [6.45, 7) is 8.26. The van der Waals surface area contributed by atoms with Gasteiger partial charge in [0.15, 0.2) is 5.43 Å². The number of nitriles is 1. The van der Waals surface area contributed by atoms with Gasteiger partial charge in [0.05, 0.1) is 11.4 Å². The predicted octanol–water partition coefficient (Wildman–Crippen LogP) is 5.72. The molecule has 0 aliphatic rings. The summed E-state index contributed by atoms with van der Waals surface area (Å²) in [7, 11) is 0. The third kappa shape index (κ3) is 4.89. The summed E-state index contributed by atoms with van der Waals surface area (Å²) in [5, 5.41) is 11.9. The normalized spacial score (nSPS) is 11.4. The Morgan fingerprint density at radius 1 is 1.23 bits per heavy atom. The number of benzene rings is 1. The van der Waals surface area contributed by atoms with Crippen LogP contribution in [-0.2, 0) is 12.3 Å². The Morgan fingerprint density at radius 3 is 2.65 bits per heavy atom. The van der Waals surface area contributed by atoms with Gasteiger partial charge in [-0.3, -0.25) is 4.79 Å². The number of rotatable bonds is 7. The zero-order valence-corrected chi connectivity index (χ0v) is 16.8. The van der Waals surface area contributed by atoms with Crippen LogP contribution in [0.25, 0.3) is 10.9 Å². The SMILES string of the molecule is CC(C)=CCC/C(C)=C/Cc1c(C)c(=O)c2ccccc2n1CSC#N. The van der Waals surface area contributed by atoms with Gasteiger partial charge in [0, 0.05) is 23.1 Å². The molecule has 1 aromatic heterocycles. The van der Waals surface area contributed by atoms with E-state index in [0.29, 0.717) is 12.3 Å². The molecule has 1 heterocycles. The third-order valence-electron chi connectivity index (χ3n) is 4.53. The molecule has 0 N–H and O–H groups in total. The van der Waals surface area contributed by atoms with E-state index in [4.69, 9.17) is 5.26 Å². The van der Waals surface area contributed by atoms with Crippen molar-refractivity contribution in [2.45, 2.75) is 52.8 Å². The summed E-state index contributed by atoms with van der Waals surface area (Å²) in [6, 6.07) is 7.65. The molecule has 0 aliphatic carbocycles. The van der Waals surface area contributed by atoms with E-state index in [1.165, 1.54) is 22.9 Å². The van der Waals surface area contributed by atoms with Crippen molar-refractivity contribution in [2.24, 2.45) is 0 Å². The Bertz CT molecular complexity index is 941. The monoisotopic (exact) mass is 366 g/mol. The Labute approximate surface area is 160 Å². The molecule has 3 nitrogen and oxygen atoms in total. The summed E-state index contributed by atoms with van der Waals surface area (Å²) < 4.78 is 2.11. The van der Waals surface area contributed by atoms with Crippen LogP contribution in [0, 0.1) is 17.6 Å². The van der Waals surface area contributed by atoms with E-state index < -0.39 is 0 Å². The summed E-state index contributed by atoms with van der Waals surface area (Å²) in [5.74, 6) is 0.526. The minimum atomic E-state index is 0.0874. The van der Waals surface area contributed by atoms with Crippen LogP contribution < -0.4 is 5.43 Å². The van der Waals surface area contributed by atoms with Crippen LogP contribution in [0.2, 0.25) is 0 Å². The molecule has 0 amide bonds. The van der Waals surface area contributed by atoms with E-state index in [0.717, 1.165) is 35.0 Å². The second-order valence-corrected chi connectivity index (χ2v) is 7.51. The van der Waals surface area contributed by atoms with Gasteiger partial charge >= 0.3 is 0 Å². The summed E-state index contributed by atoms with van der Waals surface area (Å²) in [5.41, 5.74) is 5.42. The van der Waals surface area contributed by atoms with E-state index in [-0.39, 0.29) is 5.43 Å². The fourth-order valence-corrected chi connectivity index (χ4v) is 3.53. The zero-order valence-electron chi connectivity index (χ0n) is 16.0. The lowest BCUT2D eigenvalue weighted by Gasteiger charge is -2.17. The molecule has 1 aromatic carbocycles. The van der Waals surface area contributed by atoms with Crippen LogP contribution >= 0.6 is 11.8 Å². The summed E-state index contributed by atoms with van der Waals surface area (Å²) in [4.78, 5) is 12.8. The number of hydrogen-bond acceptors (Lipinski definition) is 3. The number of thioether (sulfide) groups is 1. The topological polar surface area (TPSA) is 45.8 Å². The van der Waals surface area contributed by atoms with Crippen molar-refractivity contribution < 1.29 is 0 Å². The standard InChI is InChI=1S/C22H26N2OS/c1-16(2)8-7-9-17(3)12-13-20-18(4)22(25)19-10-5-6-11-21(19)24(20)15-26-14-23/h5-6,8,10-12H,7,9,13,15H2,1-4H3/b17-12+. The van der Waals surface area contributed by atoms with E-state index in [2.05, 4.69) is 42.9 Å². The fourth-order valence-electron chi connectivity index (χ4n) is 3.05. The van der Waals surface area contributed by atoms with E-state index >= 15 is 0 Å². The number of fused-ring (bicyclic) bond motifs is 1. The van der Waals surface area contributed by atoms with Gasteiger partial charge in [-0.15, -0.1) is 0 Å². The maximum absolute atomic E-state index is 12.8. The van der Waals surface area contributed by atoms with Gasteiger partial charge in [-0.2, -0.15) is 5.26 Å². The van der Waals surface area contributed by atoms with Gasteiger partial charge < -0.3 is 4.57 Å². The smallest absolute Gasteiger partial charge is 0.192 e. The average molecular weight is 367 g/mol. The zero-order chi connectivity index (χ0) is 19.1. The highest BCUT2D eigenvalue weighted by molar-refractivity contribution is 8.02. The molecule has 0 spiro atoms. The Morgan fingerprint density at radius 2 is 1.96 bits per heavy atom. The van der Waals surface area contributed by atoms with Crippen molar-refractivity contribution >= 4 is 22.7 Å². The van der Waals surface area contributed by atoms with Crippen molar-refractivity contribution in [2.75, 3.05) is 0 Å². The molecule has 26 heavy (non-hydrogen) atoms. The van der Waals surface area contributed by atoms with Crippen LogP contribution in [0.3, 0.4) is 0 Å². The highest BCUT2D eigenvalue weighted by Crippen LogP contribution is 2.20. The molecule has 0 aliphatic heterocycles. The van der Waals surface area contributed by atoms with Crippen LogP contribution in [-0.4, -0.2) is 4.57 Å². The average Bonchev–Trinajstić information content (AvgIpc) is 2.62. The van der Waals surface area contributed by atoms with Crippen molar-refractivity contribution in [3.63, 3.8) is 0 Å². The summed E-state index contributed by atoms with van der Waals surface area (Å²) in [6.07, 6.45) is 7.23. The number of thiocyanates is 1. The molecular weight excluding hydrogens is 340 g/mol. The molecule has 0 fully saturated rings. The Hall–Kier alpha value is -2.25. The van der Waals surface area contributed by atoms with Gasteiger partial charge in [0.1, 0.15) is 5.40 Å². The Kier molecular flexibility index (Phi) is 7.29. The first-order valence-corrected chi connectivity index (χ1v) is 9.85. The second kappa shape index (κ2) is 9.45. The fraction of sp³-hybridized carbons (Fsp3) is 0.364. The summed E-state index contributed by atoms with van der Waals surface area (Å²) >= 11 is 1.19. The lowest BCUT2D eigenvalue weighted by molar-refractivity contribution is 0.835. The minimum absolute atomic E-state index is 0.0874. The highest BCUT2D eigenvalue weighted by atomic mass is 32.2. The first-order valence-electron chi connectivity index (χ1n) is 8.86. The van der Waals surface area contributed by atoms with Crippen LogP contribution in [0.5, 0.6) is 0 Å². The van der Waals surface area contributed by atoms with Crippen molar-refractivity contribution in [3.05, 3.63) is 69.0 Å². The van der Waals surface area contributed by atoms with Gasteiger partial charge in [-0.25, -0.2) is 0 Å². The first kappa shape index (κ1) is 20.1. The number of hydrogen-bond donors (Lipinski definition) is 0. The van der Waals surface area contributed by atoms with Gasteiger partial charge in [0.2, 0.25) is 0 Å². The molecule has 2 rings (SSSR count). The van der Waals surface area contributed by atoms with Crippen molar-refractivity contribution in [3.8, 4) is 5.40 Å². The van der Waals surface area contributed by atoms with Crippen LogP contribution in [0.15, 0.2) is 52.4 Å². The van der Waals surface area contributed by atoms with E-state index in [9.17, 15) is 4.79 Å².